The van der Waals surface area contributed by atoms with Crippen molar-refractivity contribution in [2.75, 3.05) is 13.7 Å². The van der Waals surface area contributed by atoms with Gasteiger partial charge < -0.3 is 10.1 Å². The van der Waals surface area contributed by atoms with Crippen LogP contribution in [-0.4, -0.2) is 25.5 Å². The highest BCUT2D eigenvalue weighted by Crippen LogP contribution is 1.99. The third kappa shape index (κ3) is 7.17. The molecule has 0 saturated carbocycles. The SMILES string of the molecule is C#CC(=O)NCCCCCC(=O)OC. The van der Waals surface area contributed by atoms with E-state index in [9.17, 15) is 9.59 Å². The molecule has 0 aromatic heterocycles. The standard InChI is InChI=1S/C10H15NO3/c1-3-9(12)11-8-6-4-5-7-10(13)14-2/h1H,4-8H2,2H3,(H,11,12). The van der Waals surface area contributed by atoms with E-state index in [0.717, 1.165) is 19.3 Å². The Balaban J connectivity index is 3.19. The molecule has 14 heavy (non-hydrogen) atoms. The molecular weight excluding hydrogens is 182 g/mol. The summed E-state index contributed by atoms with van der Waals surface area (Å²) in [6.07, 6.45) is 7.75. The van der Waals surface area contributed by atoms with Crippen LogP contribution in [0.2, 0.25) is 0 Å². The van der Waals surface area contributed by atoms with Gasteiger partial charge in [0.15, 0.2) is 0 Å². The molecule has 4 nitrogen and oxygen atoms in total. The molecule has 1 N–H and O–H groups in total. The number of terminal acetylenes is 1. The molecule has 0 radical (unpaired) electrons. The van der Waals surface area contributed by atoms with Gasteiger partial charge in [0.25, 0.3) is 5.91 Å². The Hall–Kier alpha value is -1.50. The molecule has 78 valence electrons. The highest BCUT2D eigenvalue weighted by molar-refractivity contribution is 5.92. The number of carbonyl (C=O) groups excluding carboxylic acids is 2. The normalized spacial score (nSPS) is 8.86. The van der Waals surface area contributed by atoms with Gasteiger partial charge in [-0.3, -0.25) is 9.59 Å². The maximum absolute atomic E-state index is 10.7. The first kappa shape index (κ1) is 12.5. The second kappa shape index (κ2) is 8.11. The van der Waals surface area contributed by atoms with Gasteiger partial charge in [0.2, 0.25) is 0 Å². The summed E-state index contributed by atoms with van der Waals surface area (Å²) < 4.78 is 4.48. The number of carbonyl (C=O) groups is 2. The third-order valence-corrected chi connectivity index (χ3v) is 1.70. The van der Waals surface area contributed by atoms with Crippen LogP contribution in [0.25, 0.3) is 0 Å². The van der Waals surface area contributed by atoms with Crippen molar-refractivity contribution < 1.29 is 14.3 Å². The molecule has 0 atom stereocenters. The largest absolute Gasteiger partial charge is 0.469 e. The van der Waals surface area contributed by atoms with Crippen LogP contribution in [0.3, 0.4) is 0 Å². The first-order valence-electron chi connectivity index (χ1n) is 4.52. The van der Waals surface area contributed by atoms with Crippen molar-refractivity contribution in [2.45, 2.75) is 25.7 Å². The van der Waals surface area contributed by atoms with Gasteiger partial charge in [0.1, 0.15) is 0 Å². The number of hydrogen-bond acceptors (Lipinski definition) is 3. The topological polar surface area (TPSA) is 55.4 Å². The zero-order valence-corrected chi connectivity index (χ0v) is 8.34. The summed E-state index contributed by atoms with van der Waals surface area (Å²) >= 11 is 0. The molecule has 0 unspecified atom stereocenters. The number of esters is 1. The van der Waals surface area contributed by atoms with Crippen molar-refractivity contribution in [3.8, 4) is 12.3 Å². The maximum Gasteiger partial charge on any atom is 0.305 e. The Morgan fingerprint density at radius 1 is 1.36 bits per heavy atom. The summed E-state index contributed by atoms with van der Waals surface area (Å²) in [6.45, 7) is 0.560. The Bertz CT molecular complexity index is 230. The Morgan fingerprint density at radius 2 is 2.07 bits per heavy atom. The van der Waals surface area contributed by atoms with E-state index >= 15 is 0 Å². The zero-order chi connectivity index (χ0) is 10.8. The summed E-state index contributed by atoms with van der Waals surface area (Å²) in [7, 11) is 1.37. The molecule has 0 rings (SSSR count). The molecule has 0 fully saturated rings. The van der Waals surface area contributed by atoms with Crippen LogP contribution in [0.5, 0.6) is 0 Å². The van der Waals surface area contributed by atoms with Gasteiger partial charge in [-0.15, -0.1) is 6.42 Å². The zero-order valence-electron chi connectivity index (χ0n) is 8.34. The lowest BCUT2D eigenvalue weighted by Crippen LogP contribution is -2.22. The summed E-state index contributed by atoms with van der Waals surface area (Å²) in [5, 5.41) is 2.54. The van der Waals surface area contributed by atoms with Crippen molar-refractivity contribution in [2.24, 2.45) is 0 Å². The number of methoxy groups -OCH3 is 1. The van der Waals surface area contributed by atoms with E-state index in [-0.39, 0.29) is 5.97 Å². The predicted octanol–water partition coefficient (Wildman–Crippen LogP) is 0.469. The lowest BCUT2D eigenvalue weighted by atomic mass is 10.2. The third-order valence-electron chi connectivity index (χ3n) is 1.70. The molecule has 0 aliphatic rings. The fourth-order valence-corrected chi connectivity index (χ4v) is 0.926. The summed E-state index contributed by atoms with van der Waals surface area (Å²) in [4.78, 5) is 21.3. The number of hydrogen-bond donors (Lipinski definition) is 1. The van der Waals surface area contributed by atoms with Gasteiger partial charge in [-0.25, -0.2) is 0 Å². The van der Waals surface area contributed by atoms with Gasteiger partial charge in [0.05, 0.1) is 7.11 Å². The van der Waals surface area contributed by atoms with E-state index in [1.54, 1.807) is 0 Å². The molecule has 0 heterocycles. The molecule has 0 aliphatic heterocycles. The second-order valence-corrected chi connectivity index (χ2v) is 2.79. The molecule has 0 bridgehead atoms. The molecule has 4 heteroatoms. The minimum absolute atomic E-state index is 0.197. The highest BCUT2D eigenvalue weighted by Gasteiger charge is 1.99. The average molecular weight is 197 g/mol. The van der Waals surface area contributed by atoms with Gasteiger partial charge in [-0.1, -0.05) is 6.42 Å². The van der Waals surface area contributed by atoms with E-state index in [1.807, 2.05) is 5.92 Å². The smallest absolute Gasteiger partial charge is 0.305 e. The maximum atomic E-state index is 10.7. The molecule has 0 saturated heterocycles. The molecule has 0 aromatic rings. The van der Waals surface area contributed by atoms with E-state index in [0.29, 0.717) is 13.0 Å². The average Bonchev–Trinajstić information content (AvgIpc) is 2.22. The van der Waals surface area contributed by atoms with Crippen molar-refractivity contribution >= 4 is 11.9 Å². The number of nitrogens with one attached hydrogen (secondary N) is 1. The quantitative estimate of drug-likeness (QED) is 0.382. The van der Waals surface area contributed by atoms with E-state index < -0.39 is 5.91 Å². The lowest BCUT2D eigenvalue weighted by Gasteiger charge is -2.01. The van der Waals surface area contributed by atoms with E-state index in [1.165, 1.54) is 7.11 Å². The van der Waals surface area contributed by atoms with Gasteiger partial charge in [-0.05, 0) is 18.8 Å². The fourth-order valence-electron chi connectivity index (χ4n) is 0.926. The van der Waals surface area contributed by atoms with Crippen LogP contribution in [0.1, 0.15) is 25.7 Å². The van der Waals surface area contributed by atoms with E-state index in [2.05, 4.69) is 10.1 Å². The highest BCUT2D eigenvalue weighted by atomic mass is 16.5. The van der Waals surface area contributed by atoms with Crippen molar-refractivity contribution in [3.63, 3.8) is 0 Å². The fraction of sp³-hybridized carbons (Fsp3) is 0.600. The summed E-state index contributed by atoms with van der Waals surface area (Å²) in [5.41, 5.74) is 0. The van der Waals surface area contributed by atoms with Crippen LogP contribution >= 0.6 is 0 Å². The number of unbranched alkanes of at least 4 members (excludes halogenated alkanes) is 2. The monoisotopic (exact) mass is 197 g/mol. The van der Waals surface area contributed by atoms with Crippen LogP contribution in [-0.2, 0) is 14.3 Å². The van der Waals surface area contributed by atoms with Crippen molar-refractivity contribution in [3.05, 3.63) is 0 Å². The lowest BCUT2D eigenvalue weighted by molar-refractivity contribution is -0.140. The van der Waals surface area contributed by atoms with Gasteiger partial charge in [0, 0.05) is 13.0 Å². The molecular formula is C10H15NO3. The summed E-state index contributed by atoms with van der Waals surface area (Å²) in [6, 6.07) is 0. The molecule has 0 aliphatic carbocycles. The number of amides is 1. The van der Waals surface area contributed by atoms with Crippen LogP contribution in [0.4, 0.5) is 0 Å². The van der Waals surface area contributed by atoms with Crippen molar-refractivity contribution in [1.29, 1.82) is 0 Å². The Kier molecular flexibility index (Phi) is 7.24. The second-order valence-electron chi connectivity index (χ2n) is 2.79. The van der Waals surface area contributed by atoms with Gasteiger partial charge >= 0.3 is 5.97 Å². The predicted molar refractivity (Wildman–Crippen MR) is 52.3 cm³/mol. The number of ether oxygens (including phenoxy) is 1. The van der Waals surface area contributed by atoms with Crippen LogP contribution in [0, 0.1) is 12.3 Å². The molecule has 1 amide bonds. The molecule has 0 spiro atoms. The Labute approximate surface area is 84.0 Å². The number of rotatable bonds is 6. The minimum atomic E-state index is -0.391. The van der Waals surface area contributed by atoms with E-state index in [4.69, 9.17) is 6.42 Å². The molecule has 0 aromatic carbocycles. The first-order chi connectivity index (χ1) is 6.70. The Morgan fingerprint density at radius 3 is 2.64 bits per heavy atom. The van der Waals surface area contributed by atoms with Crippen LogP contribution < -0.4 is 5.32 Å². The first-order valence-corrected chi connectivity index (χ1v) is 4.52. The van der Waals surface area contributed by atoms with Gasteiger partial charge in [-0.2, -0.15) is 0 Å². The summed E-state index contributed by atoms with van der Waals surface area (Å²) in [5.74, 6) is 1.37. The minimum Gasteiger partial charge on any atom is -0.469 e. The van der Waals surface area contributed by atoms with Crippen molar-refractivity contribution in [1.82, 2.24) is 5.32 Å². The van der Waals surface area contributed by atoms with Crippen LogP contribution in [0.15, 0.2) is 0 Å².